The second-order valence-electron chi connectivity index (χ2n) is 8.32. The fraction of sp³-hybridized carbons (Fsp3) is 0.231. The van der Waals surface area contributed by atoms with Crippen LogP contribution in [0.2, 0.25) is 0 Å². The minimum absolute atomic E-state index is 0.0886. The minimum Gasteiger partial charge on any atom is -0.507 e. The van der Waals surface area contributed by atoms with Crippen LogP contribution in [-0.2, 0) is 6.54 Å². The van der Waals surface area contributed by atoms with Gasteiger partial charge in [-0.05, 0) is 79.4 Å². The van der Waals surface area contributed by atoms with E-state index in [1.54, 1.807) is 41.0 Å². The van der Waals surface area contributed by atoms with Gasteiger partial charge < -0.3 is 10.4 Å². The summed E-state index contributed by atoms with van der Waals surface area (Å²) in [5.41, 5.74) is 2.39. The van der Waals surface area contributed by atoms with Gasteiger partial charge in [-0.2, -0.15) is 0 Å². The molecule has 162 valence electrons. The highest BCUT2D eigenvalue weighted by Gasteiger charge is 2.20. The first-order chi connectivity index (χ1) is 15.6. The molecule has 5 nitrogen and oxygen atoms in total. The number of phenolic OH excluding ortho intramolecular Hbond substituents is 1. The van der Waals surface area contributed by atoms with E-state index in [0.29, 0.717) is 40.3 Å². The topological polar surface area (TPSA) is 67.1 Å². The monoisotopic (exact) mass is 429 g/mol. The van der Waals surface area contributed by atoms with E-state index in [0.717, 1.165) is 31.5 Å². The summed E-state index contributed by atoms with van der Waals surface area (Å²) in [6.07, 6.45) is 2.09. The molecule has 1 aliphatic rings. The zero-order valence-corrected chi connectivity index (χ0v) is 17.6. The van der Waals surface area contributed by atoms with Crippen molar-refractivity contribution in [2.45, 2.75) is 19.4 Å². The predicted octanol–water partition coefficient (Wildman–Crippen LogP) is 4.57. The van der Waals surface area contributed by atoms with Gasteiger partial charge in [0, 0.05) is 6.54 Å². The Bertz CT molecular complexity index is 1340. The summed E-state index contributed by atoms with van der Waals surface area (Å²) in [7, 11) is 0. The standard InChI is InChI=1S/C26H24FN3O2/c27-20-7-3-6-18(13-20)19-10-11-23-22(14-19)26(32)30(16-17-5-4-12-28-15-17)25(29-23)21-8-1-2-9-24(21)31/h1-3,6-11,13-14,17,28,31H,4-5,12,15-16H2. The molecule has 32 heavy (non-hydrogen) atoms. The number of fused-ring (bicyclic) bond motifs is 1. The van der Waals surface area contributed by atoms with Gasteiger partial charge in [-0.15, -0.1) is 0 Å². The van der Waals surface area contributed by atoms with E-state index in [9.17, 15) is 14.3 Å². The molecule has 5 rings (SSSR count). The summed E-state index contributed by atoms with van der Waals surface area (Å²) in [5.74, 6) is 0.532. The molecule has 2 heterocycles. The number of hydrogen-bond acceptors (Lipinski definition) is 4. The molecule has 3 aromatic carbocycles. The number of para-hydroxylation sites is 1. The molecule has 4 aromatic rings. The lowest BCUT2D eigenvalue weighted by molar-refractivity contribution is 0.334. The van der Waals surface area contributed by atoms with Crippen molar-refractivity contribution in [2.75, 3.05) is 13.1 Å². The van der Waals surface area contributed by atoms with Crippen LogP contribution in [0.15, 0.2) is 71.5 Å². The number of piperidine rings is 1. The van der Waals surface area contributed by atoms with E-state index in [4.69, 9.17) is 4.98 Å². The molecule has 0 aliphatic carbocycles. The first kappa shape index (κ1) is 20.4. The van der Waals surface area contributed by atoms with Gasteiger partial charge in [0.2, 0.25) is 0 Å². The fourth-order valence-corrected chi connectivity index (χ4v) is 4.44. The van der Waals surface area contributed by atoms with Crippen molar-refractivity contribution in [3.63, 3.8) is 0 Å². The Morgan fingerprint density at radius 3 is 2.69 bits per heavy atom. The summed E-state index contributed by atoms with van der Waals surface area (Å²) in [6.45, 7) is 2.35. The lowest BCUT2D eigenvalue weighted by Gasteiger charge is -2.25. The summed E-state index contributed by atoms with van der Waals surface area (Å²) in [5, 5.41) is 14.4. The largest absolute Gasteiger partial charge is 0.507 e. The van der Waals surface area contributed by atoms with Gasteiger partial charge in [0.15, 0.2) is 0 Å². The molecule has 2 N–H and O–H groups in total. The number of nitrogens with one attached hydrogen (secondary N) is 1. The Morgan fingerprint density at radius 1 is 1.06 bits per heavy atom. The summed E-state index contributed by atoms with van der Waals surface area (Å²) >= 11 is 0. The molecule has 0 amide bonds. The molecule has 1 atom stereocenters. The average molecular weight is 429 g/mol. The lowest BCUT2D eigenvalue weighted by Crippen LogP contribution is -2.35. The van der Waals surface area contributed by atoms with Crippen molar-refractivity contribution in [1.29, 1.82) is 0 Å². The van der Waals surface area contributed by atoms with Crippen LogP contribution in [0.5, 0.6) is 5.75 Å². The lowest BCUT2D eigenvalue weighted by atomic mass is 9.99. The van der Waals surface area contributed by atoms with E-state index >= 15 is 0 Å². The minimum atomic E-state index is -0.321. The van der Waals surface area contributed by atoms with Gasteiger partial charge in [0.05, 0.1) is 16.5 Å². The van der Waals surface area contributed by atoms with Gasteiger partial charge in [0.25, 0.3) is 5.56 Å². The number of aromatic nitrogens is 2. The van der Waals surface area contributed by atoms with Crippen LogP contribution in [0.3, 0.4) is 0 Å². The molecular weight excluding hydrogens is 405 g/mol. The summed E-state index contributed by atoms with van der Waals surface area (Å²) < 4.78 is 15.4. The second kappa shape index (κ2) is 8.55. The number of hydrogen-bond donors (Lipinski definition) is 2. The molecule has 1 fully saturated rings. The molecular formula is C26H24FN3O2. The van der Waals surface area contributed by atoms with E-state index in [1.165, 1.54) is 12.1 Å². The molecule has 1 unspecified atom stereocenters. The zero-order valence-electron chi connectivity index (χ0n) is 17.6. The molecule has 0 bridgehead atoms. The van der Waals surface area contributed by atoms with Crippen LogP contribution in [0.4, 0.5) is 4.39 Å². The van der Waals surface area contributed by atoms with Gasteiger partial charge >= 0.3 is 0 Å². The highest BCUT2D eigenvalue weighted by Crippen LogP contribution is 2.30. The number of rotatable bonds is 4. The Labute approximate surface area is 185 Å². The molecule has 1 aromatic heterocycles. The van der Waals surface area contributed by atoms with Crippen molar-refractivity contribution in [3.05, 3.63) is 82.9 Å². The Morgan fingerprint density at radius 2 is 1.91 bits per heavy atom. The van der Waals surface area contributed by atoms with Crippen LogP contribution in [0, 0.1) is 11.7 Å². The van der Waals surface area contributed by atoms with E-state index < -0.39 is 0 Å². The van der Waals surface area contributed by atoms with Crippen LogP contribution in [0.1, 0.15) is 12.8 Å². The summed E-state index contributed by atoms with van der Waals surface area (Å²) in [4.78, 5) is 18.5. The highest BCUT2D eigenvalue weighted by atomic mass is 19.1. The van der Waals surface area contributed by atoms with E-state index in [2.05, 4.69) is 5.32 Å². The van der Waals surface area contributed by atoms with Crippen LogP contribution < -0.4 is 10.9 Å². The molecule has 0 radical (unpaired) electrons. The molecule has 0 spiro atoms. The quantitative estimate of drug-likeness (QED) is 0.499. The Kier molecular flexibility index (Phi) is 5.45. The van der Waals surface area contributed by atoms with Gasteiger partial charge in [0.1, 0.15) is 17.4 Å². The van der Waals surface area contributed by atoms with E-state index in [1.807, 2.05) is 18.2 Å². The molecule has 1 saturated heterocycles. The maximum atomic E-state index is 13.7. The number of halogens is 1. The zero-order chi connectivity index (χ0) is 22.1. The number of nitrogens with zero attached hydrogens (tertiary/aromatic N) is 2. The van der Waals surface area contributed by atoms with Gasteiger partial charge in [-0.1, -0.05) is 30.3 Å². The number of benzene rings is 3. The van der Waals surface area contributed by atoms with Crippen molar-refractivity contribution >= 4 is 10.9 Å². The van der Waals surface area contributed by atoms with Crippen molar-refractivity contribution in [3.8, 4) is 28.3 Å². The predicted molar refractivity (Wildman–Crippen MR) is 124 cm³/mol. The Hall–Kier alpha value is -3.51. The first-order valence-corrected chi connectivity index (χ1v) is 10.9. The first-order valence-electron chi connectivity index (χ1n) is 10.9. The third-order valence-electron chi connectivity index (χ3n) is 6.10. The van der Waals surface area contributed by atoms with Gasteiger partial charge in [-0.3, -0.25) is 9.36 Å². The SMILES string of the molecule is O=c1c2cc(-c3cccc(F)c3)ccc2nc(-c2ccccc2O)n1CC1CCCNC1. The summed E-state index contributed by atoms with van der Waals surface area (Å²) in [6, 6.07) is 18.7. The number of aromatic hydroxyl groups is 1. The smallest absolute Gasteiger partial charge is 0.261 e. The second-order valence-corrected chi connectivity index (χ2v) is 8.32. The van der Waals surface area contributed by atoms with Crippen LogP contribution in [0.25, 0.3) is 33.4 Å². The van der Waals surface area contributed by atoms with Crippen molar-refractivity contribution in [1.82, 2.24) is 14.9 Å². The molecule has 0 saturated carbocycles. The third-order valence-corrected chi connectivity index (χ3v) is 6.10. The van der Waals surface area contributed by atoms with Crippen molar-refractivity contribution in [2.24, 2.45) is 5.92 Å². The average Bonchev–Trinajstić information content (AvgIpc) is 2.82. The number of phenols is 1. The van der Waals surface area contributed by atoms with E-state index in [-0.39, 0.29) is 17.1 Å². The Balaban J connectivity index is 1.70. The highest BCUT2D eigenvalue weighted by molar-refractivity contribution is 5.85. The van der Waals surface area contributed by atoms with Crippen molar-refractivity contribution < 1.29 is 9.50 Å². The third kappa shape index (κ3) is 3.89. The molecule has 6 heteroatoms. The maximum Gasteiger partial charge on any atom is 0.261 e. The molecule has 1 aliphatic heterocycles. The fourth-order valence-electron chi connectivity index (χ4n) is 4.44. The van der Waals surface area contributed by atoms with Gasteiger partial charge in [-0.25, -0.2) is 9.37 Å². The van der Waals surface area contributed by atoms with Crippen LogP contribution >= 0.6 is 0 Å². The maximum absolute atomic E-state index is 13.7. The van der Waals surface area contributed by atoms with Crippen LogP contribution in [-0.4, -0.2) is 27.7 Å². The normalized spacial score (nSPS) is 16.3.